The Bertz CT molecular complexity index is 331. The van der Waals surface area contributed by atoms with Crippen molar-refractivity contribution in [1.29, 1.82) is 0 Å². The molecule has 0 aliphatic heterocycles. The number of rotatable bonds is 5. The maximum absolute atomic E-state index is 10.6. The molecule has 0 saturated heterocycles. The molecule has 4 nitrogen and oxygen atoms in total. The average Bonchev–Trinajstić information content (AvgIpc) is 2.61. The molecule has 0 aromatic carbocycles. The smallest absolute Gasteiger partial charge is 0.219 e. The predicted molar refractivity (Wildman–Crippen MR) is 58.0 cm³/mol. The fourth-order valence-corrected chi connectivity index (χ4v) is 1.40. The zero-order valence-electron chi connectivity index (χ0n) is 9.18. The molecule has 1 aromatic rings. The molecular formula is C11H18N2O2. The molecule has 1 amide bonds. The molecule has 1 heterocycles. The third-order valence-electron chi connectivity index (χ3n) is 2.36. The molecule has 0 spiro atoms. The summed E-state index contributed by atoms with van der Waals surface area (Å²) in [6.07, 6.45) is 3.59. The van der Waals surface area contributed by atoms with E-state index in [1.54, 1.807) is 0 Å². The summed E-state index contributed by atoms with van der Waals surface area (Å²) in [5, 5.41) is 9.78. The summed E-state index contributed by atoms with van der Waals surface area (Å²) in [6, 6.07) is 1.87. The van der Waals surface area contributed by atoms with Gasteiger partial charge in [-0.2, -0.15) is 0 Å². The fourth-order valence-electron chi connectivity index (χ4n) is 1.40. The number of carbonyl (C=O) groups excluding carboxylic acids is 1. The monoisotopic (exact) mass is 210 g/mol. The Balaban J connectivity index is 2.60. The van der Waals surface area contributed by atoms with Gasteiger partial charge in [0.15, 0.2) is 0 Å². The first-order chi connectivity index (χ1) is 7.00. The number of aliphatic hydroxyl groups is 1. The van der Waals surface area contributed by atoms with Gasteiger partial charge >= 0.3 is 0 Å². The molecule has 4 heteroatoms. The lowest BCUT2D eigenvalue weighted by Gasteiger charge is -2.12. The normalized spacial score (nSPS) is 13.1. The van der Waals surface area contributed by atoms with Crippen LogP contribution in [0.3, 0.4) is 0 Å². The first kappa shape index (κ1) is 11.8. The van der Waals surface area contributed by atoms with E-state index < -0.39 is 6.10 Å². The quantitative estimate of drug-likeness (QED) is 0.762. The standard InChI is InChI=1S/C11H18N2O2/c1-8(2)11(15)9-3-5-13(7-9)6-4-10(12)14/h3,5,7-8,11,15H,4,6H2,1-2H3,(H2,12,14). The third kappa shape index (κ3) is 3.40. The number of aliphatic hydroxyl groups excluding tert-OH is 1. The number of nitrogens with zero attached hydrogens (tertiary/aromatic N) is 1. The van der Waals surface area contributed by atoms with Crippen molar-refractivity contribution in [3.8, 4) is 0 Å². The van der Waals surface area contributed by atoms with Crippen LogP contribution in [-0.2, 0) is 11.3 Å². The Morgan fingerprint density at radius 1 is 1.60 bits per heavy atom. The molecule has 1 aromatic heterocycles. The summed E-state index contributed by atoms with van der Waals surface area (Å²) in [7, 11) is 0. The number of hydrogen-bond acceptors (Lipinski definition) is 2. The Kier molecular flexibility index (Phi) is 3.91. The van der Waals surface area contributed by atoms with Gasteiger partial charge in [0, 0.05) is 25.4 Å². The molecule has 1 atom stereocenters. The van der Waals surface area contributed by atoms with Gasteiger partial charge in [0.25, 0.3) is 0 Å². The van der Waals surface area contributed by atoms with E-state index in [0.717, 1.165) is 5.56 Å². The van der Waals surface area contributed by atoms with Gasteiger partial charge in [-0.05, 0) is 17.5 Å². The molecule has 0 aliphatic carbocycles. The van der Waals surface area contributed by atoms with Crippen LogP contribution < -0.4 is 5.73 Å². The average molecular weight is 210 g/mol. The number of primary amides is 1. The minimum atomic E-state index is -0.445. The van der Waals surface area contributed by atoms with Crippen LogP contribution in [0.25, 0.3) is 0 Å². The first-order valence-electron chi connectivity index (χ1n) is 5.12. The van der Waals surface area contributed by atoms with Crippen LogP contribution in [0.4, 0.5) is 0 Å². The van der Waals surface area contributed by atoms with Crippen LogP contribution in [0.5, 0.6) is 0 Å². The summed E-state index contributed by atoms with van der Waals surface area (Å²) in [6.45, 7) is 4.50. The largest absolute Gasteiger partial charge is 0.388 e. The highest BCUT2D eigenvalue weighted by atomic mass is 16.3. The van der Waals surface area contributed by atoms with Crippen LogP contribution in [-0.4, -0.2) is 15.6 Å². The summed E-state index contributed by atoms with van der Waals surface area (Å²) in [5.41, 5.74) is 5.94. The van der Waals surface area contributed by atoms with Crippen molar-refractivity contribution in [3.05, 3.63) is 24.0 Å². The number of aryl methyl sites for hydroxylation is 1. The summed E-state index contributed by atoms with van der Waals surface area (Å²) in [5.74, 6) is -0.119. The Morgan fingerprint density at radius 3 is 2.80 bits per heavy atom. The SMILES string of the molecule is CC(C)C(O)c1ccn(CCC(N)=O)c1. The fraction of sp³-hybridized carbons (Fsp3) is 0.545. The topological polar surface area (TPSA) is 68.2 Å². The van der Waals surface area contributed by atoms with E-state index in [1.165, 1.54) is 0 Å². The van der Waals surface area contributed by atoms with Crippen molar-refractivity contribution in [1.82, 2.24) is 4.57 Å². The highest BCUT2D eigenvalue weighted by Crippen LogP contribution is 2.21. The van der Waals surface area contributed by atoms with E-state index in [0.29, 0.717) is 13.0 Å². The van der Waals surface area contributed by atoms with E-state index in [2.05, 4.69) is 0 Å². The second-order valence-corrected chi connectivity index (χ2v) is 4.09. The lowest BCUT2D eigenvalue weighted by molar-refractivity contribution is -0.118. The minimum absolute atomic E-state index is 0.192. The second-order valence-electron chi connectivity index (χ2n) is 4.09. The Labute approximate surface area is 89.7 Å². The van der Waals surface area contributed by atoms with Crippen molar-refractivity contribution in [2.45, 2.75) is 32.9 Å². The minimum Gasteiger partial charge on any atom is -0.388 e. The lowest BCUT2D eigenvalue weighted by Crippen LogP contribution is -2.13. The first-order valence-corrected chi connectivity index (χ1v) is 5.12. The molecule has 0 saturated carbocycles. The molecule has 3 N–H and O–H groups in total. The van der Waals surface area contributed by atoms with Gasteiger partial charge in [0.2, 0.25) is 5.91 Å². The van der Waals surface area contributed by atoms with Crippen LogP contribution in [0, 0.1) is 5.92 Å². The summed E-state index contributed by atoms with van der Waals surface area (Å²) >= 11 is 0. The van der Waals surface area contributed by atoms with E-state index in [9.17, 15) is 9.90 Å². The molecule has 15 heavy (non-hydrogen) atoms. The zero-order valence-corrected chi connectivity index (χ0v) is 9.18. The molecule has 1 unspecified atom stereocenters. The molecule has 84 valence electrons. The highest BCUT2D eigenvalue weighted by molar-refractivity contribution is 5.73. The highest BCUT2D eigenvalue weighted by Gasteiger charge is 2.12. The van der Waals surface area contributed by atoms with Gasteiger partial charge in [-0.15, -0.1) is 0 Å². The number of hydrogen-bond donors (Lipinski definition) is 2. The molecule has 0 fully saturated rings. The zero-order chi connectivity index (χ0) is 11.4. The molecule has 0 radical (unpaired) electrons. The predicted octanol–water partition coefficient (Wildman–Crippen LogP) is 1.05. The van der Waals surface area contributed by atoms with Crippen LogP contribution in [0.15, 0.2) is 18.5 Å². The Hall–Kier alpha value is -1.29. The lowest BCUT2D eigenvalue weighted by atomic mass is 10.0. The molecule has 0 aliphatic rings. The number of nitrogens with two attached hydrogens (primary N) is 1. The molecule has 0 bridgehead atoms. The van der Waals surface area contributed by atoms with Crippen molar-refractivity contribution in [2.75, 3.05) is 0 Å². The molecule has 1 rings (SSSR count). The van der Waals surface area contributed by atoms with Gasteiger partial charge in [-0.3, -0.25) is 4.79 Å². The van der Waals surface area contributed by atoms with Gasteiger partial charge in [0.1, 0.15) is 0 Å². The van der Waals surface area contributed by atoms with Gasteiger partial charge in [-0.1, -0.05) is 13.8 Å². The molecular weight excluding hydrogens is 192 g/mol. The van der Waals surface area contributed by atoms with Crippen molar-refractivity contribution in [3.63, 3.8) is 0 Å². The maximum atomic E-state index is 10.6. The second kappa shape index (κ2) is 4.98. The van der Waals surface area contributed by atoms with Gasteiger partial charge < -0.3 is 15.4 Å². The van der Waals surface area contributed by atoms with Crippen molar-refractivity contribution in [2.24, 2.45) is 11.7 Å². The van der Waals surface area contributed by atoms with E-state index in [-0.39, 0.29) is 11.8 Å². The third-order valence-corrected chi connectivity index (χ3v) is 2.36. The summed E-state index contributed by atoms with van der Waals surface area (Å²) in [4.78, 5) is 10.6. The van der Waals surface area contributed by atoms with Crippen LogP contribution in [0.1, 0.15) is 31.9 Å². The van der Waals surface area contributed by atoms with Crippen LogP contribution in [0.2, 0.25) is 0 Å². The van der Waals surface area contributed by atoms with E-state index in [1.807, 2.05) is 36.9 Å². The number of amides is 1. The maximum Gasteiger partial charge on any atom is 0.219 e. The number of carbonyl (C=O) groups is 1. The van der Waals surface area contributed by atoms with Gasteiger partial charge in [-0.25, -0.2) is 0 Å². The van der Waals surface area contributed by atoms with E-state index in [4.69, 9.17) is 5.73 Å². The van der Waals surface area contributed by atoms with E-state index >= 15 is 0 Å². The number of aromatic nitrogens is 1. The van der Waals surface area contributed by atoms with Gasteiger partial charge in [0.05, 0.1) is 6.10 Å². The van der Waals surface area contributed by atoms with Crippen LogP contribution >= 0.6 is 0 Å². The van der Waals surface area contributed by atoms with Crippen molar-refractivity contribution >= 4 is 5.91 Å². The summed E-state index contributed by atoms with van der Waals surface area (Å²) < 4.78 is 1.87. The van der Waals surface area contributed by atoms with Crippen molar-refractivity contribution < 1.29 is 9.90 Å². The Morgan fingerprint density at radius 2 is 2.27 bits per heavy atom.